The van der Waals surface area contributed by atoms with Gasteiger partial charge in [0.1, 0.15) is 0 Å². The predicted molar refractivity (Wildman–Crippen MR) is 104 cm³/mol. The fourth-order valence-corrected chi connectivity index (χ4v) is 3.35. The molecule has 0 aliphatic carbocycles. The number of ether oxygens (including phenoxy) is 1. The minimum atomic E-state index is -0.188. The second-order valence-electron chi connectivity index (χ2n) is 5.87. The van der Waals surface area contributed by atoms with Crippen LogP contribution >= 0.6 is 24.4 Å². The molecule has 1 fully saturated rings. The Bertz CT molecular complexity index is 662. The van der Waals surface area contributed by atoms with Crippen LogP contribution in [-0.4, -0.2) is 50.4 Å². The molecule has 0 aromatic heterocycles. The van der Waals surface area contributed by atoms with Crippen LogP contribution in [0, 0.1) is 11.3 Å². The molecule has 1 unspecified atom stereocenters. The molecule has 0 radical (unpaired) electrons. The van der Waals surface area contributed by atoms with Crippen LogP contribution in [0.3, 0.4) is 0 Å². The van der Waals surface area contributed by atoms with Crippen molar-refractivity contribution in [2.45, 2.75) is 17.2 Å². The SMILES string of the molecule is CN1CCOCC1.CSc1ccc(C2CC(=O)NC(S)=C2C#N)cc1. The molecule has 1 amide bonds. The molecule has 7 heteroatoms. The second-order valence-corrected chi connectivity index (χ2v) is 7.19. The topological polar surface area (TPSA) is 65.4 Å². The third-order valence-corrected chi connectivity index (χ3v) is 5.22. The first-order valence-corrected chi connectivity index (χ1v) is 9.75. The number of hydrogen-bond acceptors (Lipinski definition) is 6. The lowest BCUT2D eigenvalue weighted by atomic mass is 9.87. The lowest BCUT2D eigenvalue weighted by molar-refractivity contribution is -0.120. The van der Waals surface area contributed by atoms with Gasteiger partial charge in [-0.15, -0.1) is 24.4 Å². The predicted octanol–water partition coefficient (Wildman–Crippen LogP) is 2.63. The maximum atomic E-state index is 11.5. The number of amides is 1. The number of carbonyl (C=O) groups excluding carboxylic acids is 1. The number of nitriles is 1. The van der Waals surface area contributed by atoms with Crippen LogP contribution in [0.25, 0.3) is 0 Å². The Morgan fingerprint density at radius 3 is 2.44 bits per heavy atom. The van der Waals surface area contributed by atoms with Gasteiger partial charge < -0.3 is 15.0 Å². The number of rotatable bonds is 2. The molecular formula is C18H23N3O2S2. The average molecular weight is 378 g/mol. The van der Waals surface area contributed by atoms with Crippen molar-refractivity contribution in [3.8, 4) is 6.07 Å². The summed E-state index contributed by atoms with van der Waals surface area (Å²) >= 11 is 5.83. The first-order valence-electron chi connectivity index (χ1n) is 8.08. The second kappa shape index (κ2) is 9.88. The summed E-state index contributed by atoms with van der Waals surface area (Å²) in [5.41, 5.74) is 1.50. The Morgan fingerprint density at radius 1 is 1.32 bits per heavy atom. The molecule has 1 atom stereocenters. The molecule has 134 valence electrons. The van der Waals surface area contributed by atoms with E-state index in [1.165, 1.54) is 0 Å². The molecule has 0 spiro atoms. The lowest BCUT2D eigenvalue weighted by Crippen LogP contribution is -2.32. The molecule has 0 bridgehead atoms. The number of thioether (sulfide) groups is 1. The zero-order valence-corrected chi connectivity index (χ0v) is 16.2. The highest BCUT2D eigenvalue weighted by atomic mass is 32.2. The van der Waals surface area contributed by atoms with Crippen molar-refractivity contribution < 1.29 is 9.53 Å². The lowest BCUT2D eigenvalue weighted by Gasteiger charge is -2.23. The van der Waals surface area contributed by atoms with Crippen molar-refractivity contribution in [1.82, 2.24) is 10.2 Å². The van der Waals surface area contributed by atoms with E-state index in [4.69, 9.17) is 10.00 Å². The van der Waals surface area contributed by atoms with Crippen LogP contribution in [0.5, 0.6) is 0 Å². The van der Waals surface area contributed by atoms with Gasteiger partial charge in [0.15, 0.2) is 0 Å². The van der Waals surface area contributed by atoms with Crippen molar-refractivity contribution in [3.05, 3.63) is 40.4 Å². The standard InChI is InChI=1S/C13H12N2OS2.C5H11NO/c1-18-9-4-2-8(3-5-9)10-6-12(16)15-13(17)11(10)7-14;1-6-2-4-7-5-3-6/h2-5,10,17H,6H2,1H3,(H,15,16);2-5H2,1H3. The normalized spacial score (nSPS) is 21.0. The number of nitrogens with one attached hydrogen (secondary N) is 1. The minimum Gasteiger partial charge on any atom is -0.379 e. The summed E-state index contributed by atoms with van der Waals surface area (Å²) in [4.78, 5) is 15.0. The number of allylic oxidation sites excluding steroid dienone is 1. The molecule has 5 nitrogen and oxygen atoms in total. The van der Waals surface area contributed by atoms with Crippen LogP contribution in [0.4, 0.5) is 0 Å². The summed E-state index contributed by atoms with van der Waals surface area (Å²) in [7, 11) is 2.11. The first-order chi connectivity index (χ1) is 12.0. The third-order valence-electron chi connectivity index (χ3n) is 4.12. The Balaban J connectivity index is 0.000000269. The van der Waals surface area contributed by atoms with E-state index < -0.39 is 0 Å². The molecule has 25 heavy (non-hydrogen) atoms. The van der Waals surface area contributed by atoms with E-state index in [0.29, 0.717) is 17.0 Å². The Morgan fingerprint density at radius 2 is 1.96 bits per heavy atom. The van der Waals surface area contributed by atoms with Gasteiger partial charge in [-0.3, -0.25) is 4.79 Å². The summed E-state index contributed by atoms with van der Waals surface area (Å²) in [6.07, 6.45) is 2.31. The van der Waals surface area contributed by atoms with Crippen molar-refractivity contribution in [1.29, 1.82) is 5.26 Å². The van der Waals surface area contributed by atoms with Gasteiger partial charge in [0.25, 0.3) is 0 Å². The van der Waals surface area contributed by atoms with Crippen molar-refractivity contribution in [2.24, 2.45) is 0 Å². The highest BCUT2D eigenvalue weighted by Crippen LogP contribution is 2.33. The van der Waals surface area contributed by atoms with Gasteiger partial charge in [0.2, 0.25) is 5.91 Å². The molecule has 1 saturated heterocycles. The van der Waals surface area contributed by atoms with Crippen molar-refractivity contribution in [2.75, 3.05) is 39.6 Å². The van der Waals surface area contributed by atoms with E-state index in [1.807, 2.05) is 30.5 Å². The van der Waals surface area contributed by atoms with Crippen LogP contribution in [0.2, 0.25) is 0 Å². The zero-order chi connectivity index (χ0) is 18.2. The molecule has 1 aromatic carbocycles. The maximum Gasteiger partial charge on any atom is 0.225 e. The van der Waals surface area contributed by atoms with E-state index in [0.717, 1.165) is 36.8 Å². The first kappa shape index (κ1) is 19.9. The molecule has 0 saturated carbocycles. The van der Waals surface area contributed by atoms with Gasteiger partial charge in [0.05, 0.1) is 29.9 Å². The van der Waals surface area contributed by atoms with E-state index in [1.54, 1.807) is 11.8 Å². The van der Waals surface area contributed by atoms with Crippen molar-refractivity contribution >= 4 is 30.3 Å². The van der Waals surface area contributed by atoms with Crippen LogP contribution in [0.15, 0.2) is 39.8 Å². The smallest absolute Gasteiger partial charge is 0.225 e. The summed E-state index contributed by atoms with van der Waals surface area (Å²) < 4.78 is 5.10. The number of likely N-dealkylation sites (N-methyl/N-ethyl adjacent to an activating group) is 1. The van der Waals surface area contributed by atoms with Crippen LogP contribution in [-0.2, 0) is 9.53 Å². The molecule has 2 heterocycles. The third kappa shape index (κ3) is 5.79. The minimum absolute atomic E-state index is 0.0991. The summed E-state index contributed by atoms with van der Waals surface area (Å²) in [5.74, 6) is -0.287. The average Bonchev–Trinajstić information content (AvgIpc) is 2.62. The summed E-state index contributed by atoms with van der Waals surface area (Å²) in [6.45, 7) is 4.02. The van der Waals surface area contributed by atoms with Gasteiger partial charge >= 0.3 is 0 Å². The van der Waals surface area contributed by atoms with Gasteiger partial charge in [-0.2, -0.15) is 5.26 Å². The molecule has 2 aliphatic rings. The fourth-order valence-electron chi connectivity index (χ4n) is 2.61. The quantitative estimate of drug-likeness (QED) is 0.613. The number of nitrogens with zero attached hydrogens (tertiary/aromatic N) is 2. The zero-order valence-electron chi connectivity index (χ0n) is 14.5. The number of benzene rings is 1. The Kier molecular flexibility index (Phi) is 7.85. The van der Waals surface area contributed by atoms with Crippen LogP contribution < -0.4 is 5.32 Å². The molecule has 1 N–H and O–H groups in total. The van der Waals surface area contributed by atoms with Gasteiger partial charge in [-0.05, 0) is 31.0 Å². The Hall–Kier alpha value is -1.46. The molecule has 2 aliphatic heterocycles. The largest absolute Gasteiger partial charge is 0.379 e. The fraction of sp³-hybridized carbons (Fsp3) is 0.444. The highest BCUT2D eigenvalue weighted by molar-refractivity contribution is 7.98. The molecule has 3 rings (SSSR count). The number of morpholine rings is 1. The maximum absolute atomic E-state index is 11.5. The number of hydrogen-bond donors (Lipinski definition) is 2. The highest BCUT2D eigenvalue weighted by Gasteiger charge is 2.27. The van der Waals surface area contributed by atoms with Gasteiger partial charge in [-0.1, -0.05) is 12.1 Å². The summed E-state index contributed by atoms with van der Waals surface area (Å²) in [5, 5.41) is 12.1. The molecular weight excluding hydrogens is 354 g/mol. The van der Waals surface area contributed by atoms with Gasteiger partial charge in [0, 0.05) is 30.3 Å². The number of thiol groups is 1. The van der Waals surface area contributed by atoms with E-state index in [2.05, 4.69) is 36.0 Å². The monoisotopic (exact) mass is 377 g/mol. The van der Waals surface area contributed by atoms with Crippen molar-refractivity contribution in [3.63, 3.8) is 0 Å². The molecule has 1 aromatic rings. The van der Waals surface area contributed by atoms with E-state index in [9.17, 15) is 4.79 Å². The van der Waals surface area contributed by atoms with E-state index in [-0.39, 0.29) is 11.8 Å². The van der Waals surface area contributed by atoms with E-state index >= 15 is 0 Å². The summed E-state index contributed by atoms with van der Waals surface area (Å²) in [6, 6.07) is 10.1. The number of carbonyl (C=O) groups is 1. The van der Waals surface area contributed by atoms with Gasteiger partial charge in [-0.25, -0.2) is 0 Å². The Labute approximate surface area is 158 Å². The van der Waals surface area contributed by atoms with Crippen LogP contribution in [0.1, 0.15) is 17.9 Å².